The summed E-state index contributed by atoms with van der Waals surface area (Å²) >= 11 is 0. The standard InChI is InChI=1S/C30H25NO4/c1-30(2)15-21-26-20-9-4-3-6-17(20)10-11-22(26)31-28(27(21)23(32)16-30)25-13-12-24(35-25)18-7-5-8-19(14-18)29(33)34/h3-14,28,31H,15-16H2,1-2H3,(H,33,34)/p-1/t28-/m0/s1. The van der Waals surface area contributed by atoms with Gasteiger partial charge in [0.25, 0.3) is 0 Å². The first-order chi connectivity index (χ1) is 16.8. The average Bonchev–Trinajstić information content (AvgIpc) is 3.33. The van der Waals surface area contributed by atoms with Gasteiger partial charge in [-0.15, -0.1) is 0 Å². The molecule has 0 amide bonds. The molecule has 2 heterocycles. The molecular formula is C30H24NO4-. The Labute approximate surface area is 203 Å². The van der Waals surface area contributed by atoms with Crippen LogP contribution in [0.1, 0.15) is 54.4 Å². The fourth-order valence-electron chi connectivity index (χ4n) is 5.51. The lowest BCUT2D eigenvalue weighted by molar-refractivity contribution is -0.255. The highest BCUT2D eigenvalue weighted by atomic mass is 16.4. The molecule has 1 aromatic heterocycles. The molecule has 1 N–H and O–H groups in total. The molecule has 174 valence electrons. The van der Waals surface area contributed by atoms with Crippen molar-refractivity contribution in [3.8, 4) is 11.3 Å². The first-order valence-electron chi connectivity index (χ1n) is 11.8. The number of benzene rings is 3. The van der Waals surface area contributed by atoms with Crippen LogP contribution in [0.3, 0.4) is 0 Å². The molecule has 0 radical (unpaired) electrons. The highest BCUT2D eigenvalue weighted by Gasteiger charge is 2.41. The summed E-state index contributed by atoms with van der Waals surface area (Å²) in [6.07, 6.45) is 1.28. The summed E-state index contributed by atoms with van der Waals surface area (Å²) in [4.78, 5) is 24.9. The number of carbonyl (C=O) groups excluding carboxylic acids is 2. The van der Waals surface area contributed by atoms with Crippen molar-refractivity contribution < 1.29 is 19.1 Å². The molecule has 0 spiro atoms. The highest BCUT2D eigenvalue weighted by Crippen LogP contribution is 2.52. The molecular weight excluding hydrogens is 438 g/mol. The predicted molar refractivity (Wildman–Crippen MR) is 134 cm³/mol. The largest absolute Gasteiger partial charge is 0.545 e. The smallest absolute Gasteiger partial charge is 0.162 e. The first-order valence-corrected chi connectivity index (χ1v) is 11.8. The Bertz CT molecular complexity index is 1560. The maximum absolute atomic E-state index is 13.6. The van der Waals surface area contributed by atoms with E-state index in [9.17, 15) is 14.7 Å². The maximum Gasteiger partial charge on any atom is 0.162 e. The zero-order valence-corrected chi connectivity index (χ0v) is 19.6. The van der Waals surface area contributed by atoms with E-state index in [4.69, 9.17) is 4.42 Å². The zero-order valence-electron chi connectivity index (χ0n) is 19.6. The lowest BCUT2D eigenvalue weighted by atomic mass is 9.68. The average molecular weight is 463 g/mol. The number of Topliss-reactive ketones (excluding diaryl/α,β-unsaturated/α-hetero) is 1. The second-order valence-corrected chi connectivity index (χ2v) is 10.2. The third kappa shape index (κ3) is 3.55. The van der Waals surface area contributed by atoms with Crippen molar-refractivity contribution in [3.05, 3.63) is 95.3 Å². The number of carboxylic acids is 1. The van der Waals surface area contributed by atoms with Gasteiger partial charge in [-0.3, -0.25) is 4.79 Å². The monoisotopic (exact) mass is 462 g/mol. The zero-order chi connectivity index (χ0) is 24.3. The number of carbonyl (C=O) groups is 2. The van der Waals surface area contributed by atoms with Crippen molar-refractivity contribution in [1.29, 1.82) is 0 Å². The number of aromatic carboxylic acids is 1. The Balaban J connectivity index is 1.50. The number of anilines is 1. The molecule has 0 unspecified atom stereocenters. The SMILES string of the molecule is CC1(C)CC(=O)C2=C(C1)c1c(ccc3ccccc13)N[C@H]2c1ccc(-c2cccc(C(=O)[O-])c2)o1. The normalized spacial score (nSPS) is 18.7. The van der Waals surface area contributed by atoms with E-state index >= 15 is 0 Å². The van der Waals surface area contributed by atoms with Gasteiger partial charge in [-0.2, -0.15) is 0 Å². The minimum Gasteiger partial charge on any atom is -0.545 e. The minimum absolute atomic E-state index is 0.0896. The molecule has 0 saturated carbocycles. The van der Waals surface area contributed by atoms with Crippen LogP contribution >= 0.6 is 0 Å². The Hall–Kier alpha value is -4.12. The molecule has 1 atom stereocenters. The lowest BCUT2D eigenvalue weighted by Gasteiger charge is -2.39. The van der Waals surface area contributed by atoms with Gasteiger partial charge in [0, 0.05) is 28.8 Å². The quantitative estimate of drug-likeness (QED) is 0.418. The molecule has 5 nitrogen and oxygen atoms in total. The van der Waals surface area contributed by atoms with Crippen molar-refractivity contribution in [2.45, 2.75) is 32.7 Å². The van der Waals surface area contributed by atoms with E-state index in [2.05, 4.69) is 43.4 Å². The summed E-state index contributed by atoms with van der Waals surface area (Å²) in [6.45, 7) is 4.29. The second kappa shape index (κ2) is 7.70. The topological polar surface area (TPSA) is 82.4 Å². The van der Waals surface area contributed by atoms with Crippen LogP contribution in [0.4, 0.5) is 5.69 Å². The van der Waals surface area contributed by atoms with E-state index < -0.39 is 12.0 Å². The molecule has 1 aliphatic carbocycles. The predicted octanol–water partition coefficient (Wildman–Crippen LogP) is 5.77. The molecule has 35 heavy (non-hydrogen) atoms. The van der Waals surface area contributed by atoms with Gasteiger partial charge in [0.15, 0.2) is 5.78 Å². The van der Waals surface area contributed by atoms with Gasteiger partial charge in [-0.25, -0.2) is 0 Å². The molecule has 5 heteroatoms. The summed E-state index contributed by atoms with van der Waals surface area (Å²) in [5.74, 6) is 0.0593. The fraction of sp³-hybridized carbons (Fsp3) is 0.200. The number of ketones is 1. The van der Waals surface area contributed by atoms with Gasteiger partial charge in [0.05, 0.1) is 5.97 Å². The van der Waals surface area contributed by atoms with Crippen LogP contribution in [0.25, 0.3) is 27.7 Å². The van der Waals surface area contributed by atoms with Gasteiger partial charge in [0.1, 0.15) is 17.6 Å². The number of hydrogen-bond acceptors (Lipinski definition) is 5. The van der Waals surface area contributed by atoms with Crippen LogP contribution in [0.5, 0.6) is 0 Å². The lowest BCUT2D eigenvalue weighted by Crippen LogP contribution is -2.33. The number of hydrogen-bond donors (Lipinski definition) is 1. The number of rotatable bonds is 3. The number of furan rings is 1. The molecule has 3 aromatic carbocycles. The number of fused-ring (bicyclic) bond motifs is 4. The van der Waals surface area contributed by atoms with Crippen molar-refractivity contribution in [2.75, 3.05) is 5.32 Å². The number of allylic oxidation sites excluding steroid dienone is 1. The van der Waals surface area contributed by atoms with Crippen molar-refractivity contribution in [1.82, 2.24) is 0 Å². The molecule has 1 aliphatic heterocycles. The summed E-state index contributed by atoms with van der Waals surface area (Å²) in [7, 11) is 0. The Kier molecular flexibility index (Phi) is 4.71. The van der Waals surface area contributed by atoms with Gasteiger partial charge in [-0.1, -0.05) is 62.4 Å². The third-order valence-corrected chi connectivity index (χ3v) is 7.03. The Morgan fingerprint density at radius 2 is 1.83 bits per heavy atom. The molecule has 0 saturated heterocycles. The van der Waals surface area contributed by atoms with Crippen molar-refractivity contribution >= 4 is 33.8 Å². The van der Waals surface area contributed by atoms with Crippen LogP contribution in [0, 0.1) is 5.41 Å². The molecule has 2 aliphatic rings. The highest BCUT2D eigenvalue weighted by molar-refractivity contribution is 6.12. The van der Waals surface area contributed by atoms with E-state index in [0.29, 0.717) is 23.5 Å². The van der Waals surface area contributed by atoms with E-state index in [0.717, 1.165) is 39.6 Å². The van der Waals surface area contributed by atoms with Gasteiger partial charge < -0.3 is 19.6 Å². The van der Waals surface area contributed by atoms with E-state index in [1.807, 2.05) is 24.3 Å². The van der Waals surface area contributed by atoms with Gasteiger partial charge in [0.2, 0.25) is 0 Å². The first kappa shape index (κ1) is 21.4. The fourth-order valence-corrected chi connectivity index (χ4v) is 5.51. The van der Waals surface area contributed by atoms with Crippen molar-refractivity contribution in [2.24, 2.45) is 5.41 Å². The third-order valence-electron chi connectivity index (χ3n) is 7.03. The Morgan fingerprint density at radius 1 is 1.00 bits per heavy atom. The van der Waals surface area contributed by atoms with Crippen LogP contribution < -0.4 is 10.4 Å². The molecule has 0 bridgehead atoms. The molecule has 0 fully saturated rings. The number of carboxylic acid groups (broad SMARTS) is 1. The van der Waals surface area contributed by atoms with Crippen molar-refractivity contribution in [3.63, 3.8) is 0 Å². The van der Waals surface area contributed by atoms with Gasteiger partial charge >= 0.3 is 0 Å². The summed E-state index contributed by atoms with van der Waals surface area (Å²) < 4.78 is 6.23. The van der Waals surface area contributed by atoms with Crippen LogP contribution in [0.15, 0.2) is 82.8 Å². The molecule has 6 rings (SSSR count). The maximum atomic E-state index is 13.6. The van der Waals surface area contributed by atoms with E-state index in [-0.39, 0.29) is 16.8 Å². The summed E-state index contributed by atoms with van der Waals surface area (Å²) in [5.41, 5.74) is 4.53. The summed E-state index contributed by atoms with van der Waals surface area (Å²) in [5, 5.41) is 17.2. The van der Waals surface area contributed by atoms with E-state index in [1.54, 1.807) is 12.1 Å². The van der Waals surface area contributed by atoms with E-state index in [1.165, 1.54) is 12.1 Å². The van der Waals surface area contributed by atoms with Gasteiger partial charge in [-0.05, 0) is 58.0 Å². The molecule has 4 aromatic rings. The van der Waals surface area contributed by atoms with Crippen LogP contribution in [-0.2, 0) is 4.79 Å². The second-order valence-electron chi connectivity index (χ2n) is 10.2. The number of nitrogens with one attached hydrogen (secondary N) is 1. The summed E-state index contributed by atoms with van der Waals surface area (Å²) in [6, 6.07) is 22.2. The Morgan fingerprint density at radius 3 is 2.66 bits per heavy atom. The minimum atomic E-state index is -1.23. The van der Waals surface area contributed by atoms with Crippen LogP contribution in [-0.4, -0.2) is 11.8 Å². The van der Waals surface area contributed by atoms with Crippen LogP contribution in [0.2, 0.25) is 0 Å².